The van der Waals surface area contributed by atoms with E-state index in [1.165, 1.54) is 0 Å². The number of allylic oxidation sites excluding steroid dienone is 5. The predicted octanol–water partition coefficient (Wildman–Crippen LogP) is 2.78. The van der Waals surface area contributed by atoms with Crippen molar-refractivity contribution in [3.8, 4) is 0 Å². The minimum absolute atomic E-state index is 0.757. The van der Waals surface area contributed by atoms with Gasteiger partial charge in [0.25, 0.3) is 0 Å². The van der Waals surface area contributed by atoms with Crippen LogP contribution in [0, 0.1) is 0 Å². The molecule has 0 unspecified atom stereocenters. The third kappa shape index (κ3) is 6.81. The zero-order valence-electron chi connectivity index (χ0n) is 8.25. The van der Waals surface area contributed by atoms with Gasteiger partial charge in [-0.25, -0.2) is 0 Å². The first-order valence-corrected chi connectivity index (χ1v) is 4.13. The standard InChI is InChI=1S/C11H16N2/c1-5-7-10(3)9-12-13-11(4)8-6-2/h5-9,13H,3-4H2,1-2H3/b7-5-,8-6-,12-9+. The van der Waals surface area contributed by atoms with Gasteiger partial charge in [0, 0.05) is 5.70 Å². The smallest absolute Gasteiger partial charge is 0.0538 e. The minimum Gasteiger partial charge on any atom is -0.279 e. The number of hydrogen-bond acceptors (Lipinski definition) is 2. The summed E-state index contributed by atoms with van der Waals surface area (Å²) in [7, 11) is 0. The summed E-state index contributed by atoms with van der Waals surface area (Å²) in [6.45, 7) is 11.4. The van der Waals surface area contributed by atoms with Crippen LogP contribution in [0.25, 0.3) is 0 Å². The Bertz CT molecular complexity index is 257. The molecular weight excluding hydrogens is 160 g/mol. The SMILES string of the molecule is C=C(/C=C\C)/C=N/NC(=C)/C=C\C. The highest BCUT2D eigenvalue weighted by molar-refractivity contribution is 5.81. The number of rotatable bonds is 5. The van der Waals surface area contributed by atoms with Gasteiger partial charge in [0.2, 0.25) is 0 Å². The molecule has 0 bridgehead atoms. The van der Waals surface area contributed by atoms with Crippen LogP contribution in [0.15, 0.2) is 53.8 Å². The van der Waals surface area contributed by atoms with E-state index < -0.39 is 0 Å². The Morgan fingerprint density at radius 2 is 1.77 bits per heavy atom. The molecule has 0 aliphatic carbocycles. The van der Waals surface area contributed by atoms with Gasteiger partial charge < -0.3 is 0 Å². The molecule has 0 aromatic carbocycles. The van der Waals surface area contributed by atoms with Gasteiger partial charge in [-0.1, -0.05) is 31.4 Å². The molecule has 0 saturated carbocycles. The van der Waals surface area contributed by atoms with Gasteiger partial charge in [0.1, 0.15) is 0 Å². The molecule has 0 atom stereocenters. The summed E-state index contributed by atoms with van der Waals surface area (Å²) in [5, 5.41) is 3.93. The summed E-state index contributed by atoms with van der Waals surface area (Å²) in [4.78, 5) is 0. The summed E-state index contributed by atoms with van der Waals surface area (Å²) in [5.74, 6) is 0. The van der Waals surface area contributed by atoms with E-state index in [4.69, 9.17) is 0 Å². The van der Waals surface area contributed by atoms with Crippen molar-refractivity contribution in [2.45, 2.75) is 13.8 Å². The first-order chi connectivity index (χ1) is 6.20. The van der Waals surface area contributed by atoms with E-state index in [1.807, 2.05) is 38.2 Å². The Morgan fingerprint density at radius 3 is 2.31 bits per heavy atom. The van der Waals surface area contributed by atoms with Gasteiger partial charge in [0.05, 0.1) is 6.21 Å². The van der Waals surface area contributed by atoms with Crippen molar-refractivity contribution >= 4 is 6.21 Å². The molecule has 0 radical (unpaired) electrons. The fourth-order valence-corrected chi connectivity index (χ4v) is 0.694. The van der Waals surface area contributed by atoms with Gasteiger partial charge >= 0.3 is 0 Å². The molecule has 0 amide bonds. The van der Waals surface area contributed by atoms with Crippen molar-refractivity contribution in [1.82, 2.24) is 5.43 Å². The van der Waals surface area contributed by atoms with Gasteiger partial charge in [-0.15, -0.1) is 0 Å². The number of nitrogens with zero attached hydrogens (tertiary/aromatic N) is 1. The molecule has 0 aliphatic heterocycles. The monoisotopic (exact) mass is 176 g/mol. The molecule has 0 heterocycles. The van der Waals surface area contributed by atoms with Gasteiger partial charge in [-0.3, -0.25) is 5.43 Å². The fraction of sp³-hybridized carbons (Fsp3) is 0.182. The van der Waals surface area contributed by atoms with Crippen LogP contribution in [-0.2, 0) is 0 Å². The second-order valence-corrected chi connectivity index (χ2v) is 2.47. The molecule has 0 aromatic rings. The van der Waals surface area contributed by atoms with Crippen molar-refractivity contribution in [1.29, 1.82) is 0 Å². The predicted molar refractivity (Wildman–Crippen MR) is 59.5 cm³/mol. The van der Waals surface area contributed by atoms with E-state index in [1.54, 1.807) is 6.21 Å². The highest BCUT2D eigenvalue weighted by Crippen LogP contribution is 1.89. The van der Waals surface area contributed by atoms with Crippen LogP contribution >= 0.6 is 0 Å². The summed E-state index contributed by atoms with van der Waals surface area (Å²) < 4.78 is 0. The Balaban J connectivity index is 3.88. The highest BCUT2D eigenvalue weighted by Gasteiger charge is 1.81. The molecule has 70 valence electrons. The van der Waals surface area contributed by atoms with E-state index in [9.17, 15) is 0 Å². The van der Waals surface area contributed by atoms with Gasteiger partial charge in [-0.2, -0.15) is 5.10 Å². The molecule has 2 heteroatoms. The zero-order chi connectivity index (χ0) is 10.1. The average Bonchev–Trinajstić information content (AvgIpc) is 2.05. The van der Waals surface area contributed by atoms with Crippen LogP contribution in [0.4, 0.5) is 0 Å². The van der Waals surface area contributed by atoms with Gasteiger partial charge in [-0.05, 0) is 25.5 Å². The number of hydrazone groups is 1. The van der Waals surface area contributed by atoms with Crippen LogP contribution < -0.4 is 5.43 Å². The van der Waals surface area contributed by atoms with E-state index in [-0.39, 0.29) is 0 Å². The third-order valence-corrected chi connectivity index (χ3v) is 1.19. The first kappa shape index (κ1) is 11.4. The Kier molecular flexibility index (Phi) is 6.24. The summed E-state index contributed by atoms with van der Waals surface area (Å²) in [6, 6.07) is 0. The molecule has 2 nitrogen and oxygen atoms in total. The molecule has 0 spiro atoms. The summed E-state index contributed by atoms with van der Waals surface area (Å²) in [6.07, 6.45) is 9.18. The van der Waals surface area contributed by atoms with E-state index in [2.05, 4.69) is 23.7 Å². The highest BCUT2D eigenvalue weighted by atomic mass is 15.3. The summed E-state index contributed by atoms with van der Waals surface area (Å²) >= 11 is 0. The lowest BCUT2D eigenvalue weighted by molar-refractivity contribution is 0.929. The lowest BCUT2D eigenvalue weighted by Gasteiger charge is -1.96. The summed E-state index contributed by atoms with van der Waals surface area (Å²) in [5.41, 5.74) is 4.37. The fourth-order valence-electron chi connectivity index (χ4n) is 0.694. The van der Waals surface area contributed by atoms with Crippen LogP contribution in [0.2, 0.25) is 0 Å². The quantitative estimate of drug-likeness (QED) is 0.389. The Labute approximate surface area is 80.0 Å². The number of nitrogens with one attached hydrogen (secondary N) is 1. The topological polar surface area (TPSA) is 24.4 Å². The Hall–Kier alpha value is -1.57. The maximum absolute atomic E-state index is 3.93. The molecule has 0 fully saturated rings. The van der Waals surface area contributed by atoms with Crippen molar-refractivity contribution in [3.05, 3.63) is 48.7 Å². The molecule has 1 N–H and O–H groups in total. The first-order valence-electron chi connectivity index (χ1n) is 4.13. The van der Waals surface area contributed by atoms with Crippen molar-refractivity contribution in [3.63, 3.8) is 0 Å². The second kappa shape index (κ2) is 7.10. The molecule has 0 saturated heterocycles. The maximum Gasteiger partial charge on any atom is 0.0538 e. The second-order valence-electron chi connectivity index (χ2n) is 2.47. The Morgan fingerprint density at radius 1 is 1.15 bits per heavy atom. The van der Waals surface area contributed by atoms with Crippen LogP contribution in [-0.4, -0.2) is 6.21 Å². The van der Waals surface area contributed by atoms with Crippen LogP contribution in [0.5, 0.6) is 0 Å². The lowest BCUT2D eigenvalue weighted by atomic mass is 10.3. The normalized spacial score (nSPS) is 11.5. The van der Waals surface area contributed by atoms with E-state index >= 15 is 0 Å². The maximum atomic E-state index is 3.93. The number of hydrogen-bond donors (Lipinski definition) is 1. The van der Waals surface area contributed by atoms with Crippen LogP contribution in [0.1, 0.15) is 13.8 Å². The minimum atomic E-state index is 0.757. The van der Waals surface area contributed by atoms with Crippen LogP contribution in [0.3, 0.4) is 0 Å². The third-order valence-electron chi connectivity index (χ3n) is 1.19. The van der Waals surface area contributed by atoms with E-state index in [0.717, 1.165) is 11.3 Å². The molecule has 13 heavy (non-hydrogen) atoms. The molecule has 0 aromatic heterocycles. The van der Waals surface area contributed by atoms with Crippen molar-refractivity contribution in [2.24, 2.45) is 5.10 Å². The molecule has 0 rings (SSSR count). The van der Waals surface area contributed by atoms with Gasteiger partial charge in [0.15, 0.2) is 0 Å². The van der Waals surface area contributed by atoms with Crippen molar-refractivity contribution < 1.29 is 0 Å². The van der Waals surface area contributed by atoms with E-state index in [0.29, 0.717) is 0 Å². The van der Waals surface area contributed by atoms with Crippen molar-refractivity contribution in [2.75, 3.05) is 0 Å². The lowest BCUT2D eigenvalue weighted by Crippen LogP contribution is -2.01. The zero-order valence-corrected chi connectivity index (χ0v) is 8.25. The largest absolute Gasteiger partial charge is 0.279 e. The molecular formula is C11H16N2. The molecule has 0 aliphatic rings. The average molecular weight is 176 g/mol.